The lowest BCUT2D eigenvalue weighted by atomic mass is 10.0. The summed E-state index contributed by atoms with van der Waals surface area (Å²) in [5.41, 5.74) is 6.18. The Hall–Kier alpha value is -2.12. The summed E-state index contributed by atoms with van der Waals surface area (Å²) in [5.74, 6) is -0.563. The summed E-state index contributed by atoms with van der Waals surface area (Å²) in [6, 6.07) is 5.51. The Morgan fingerprint density at radius 1 is 1.35 bits per heavy atom. The van der Waals surface area contributed by atoms with Crippen LogP contribution in [0.3, 0.4) is 0 Å². The first-order valence-electron chi connectivity index (χ1n) is 7.48. The zero-order chi connectivity index (χ0) is 16.4. The number of fused-ring (bicyclic) bond motifs is 1. The molecule has 0 spiro atoms. The van der Waals surface area contributed by atoms with Crippen LogP contribution >= 0.6 is 11.6 Å². The number of piperidine rings is 1. The molecule has 8 heteroatoms. The van der Waals surface area contributed by atoms with Gasteiger partial charge < -0.3 is 11.1 Å². The number of pyridine rings is 1. The summed E-state index contributed by atoms with van der Waals surface area (Å²) in [7, 11) is 0. The lowest BCUT2D eigenvalue weighted by Crippen LogP contribution is -2.46. The minimum atomic E-state index is -0.329. The molecule has 23 heavy (non-hydrogen) atoms. The van der Waals surface area contributed by atoms with E-state index in [1.165, 1.54) is 0 Å². The second-order valence-corrected chi connectivity index (χ2v) is 6.03. The number of carbonyl (C=O) groups is 2. The maximum absolute atomic E-state index is 12.5. The minimum Gasteiger partial charge on any atom is -0.369 e. The van der Waals surface area contributed by atoms with Crippen molar-refractivity contribution in [1.29, 1.82) is 0 Å². The Bertz CT molecular complexity index is 737. The fourth-order valence-electron chi connectivity index (χ4n) is 2.88. The van der Waals surface area contributed by atoms with Crippen molar-refractivity contribution in [1.82, 2.24) is 19.6 Å². The average molecular weight is 336 g/mol. The molecule has 2 amide bonds. The van der Waals surface area contributed by atoms with Crippen molar-refractivity contribution in [2.75, 3.05) is 19.6 Å². The van der Waals surface area contributed by atoms with E-state index in [0.29, 0.717) is 11.3 Å². The molecule has 0 aromatic carbocycles. The van der Waals surface area contributed by atoms with E-state index < -0.39 is 0 Å². The summed E-state index contributed by atoms with van der Waals surface area (Å²) in [6.07, 6.45) is 3.30. The van der Waals surface area contributed by atoms with Crippen molar-refractivity contribution in [3.05, 3.63) is 35.2 Å². The van der Waals surface area contributed by atoms with Gasteiger partial charge in [-0.25, -0.2) is 4.98 Å². The van der Waals surface area contributed by atoms with Gasteiger partial charge >= 0.3 is 0 Å². The van der Waals surface area contributed by atoms with Crippen LogP contribution in [0.2, 0.25) is 5.15 Å². The van der Waals surface area contributed by atoms with Crippen LogP contribution in [-0.4, -0.2) is 51.8 Å². The predicted octanol–water partition coefficient (Wildman–Crippen LogP) is 0.667. The first-order valence-corrected chi connectivity index (χ1v) is 7.86. The maximum atomic E-state index is 12.5. The third kappa shape index (κ3) is 3.46. The van der Waals surface area contributed by atoms with Gasteiger partial charge in [-0.1, -0.05) is 17.7 Å². The Morgan fingerprint density at radius 2 is 2.09 bits per heavy atom. The Morgan fingerprint density at radius 3 is 2.78 bits per heavy atom. The fraction of sp³-hybridized carbons (Fsp3) is 0.400. The molecule has 0 unspecified atom stereocenters. The predicted molar refractivity (Wildman–Crippen MR) is 86.3 cm³/mol. The average Bonchev–Trinajstić information content (AvgIpc) is 2.84. The van der Waals surface area contributed by atoms with E-state index in [9.17, 15) is 9.59 Å². The molecule has 0 radical (unpaired) electrons. The first-order chi connectivity index (χ1) is 11.0. The largest absolute Gasteiger partial charge is 0.369 e. The molecule has 3 rings (SSSR count). The highest BCUT2D eigenvalue weighted by molar-refractivity contribution is 6.32. The number of amides is 2. The molecule has 3 heterocycles. The topological polar surface area (TPSA) is 92.7 Å². The SMILES string of the molecule is NC(=O)CN1CCC(NC(=O)c2c(Cl)nc3ccccn23)CC1. The van der Waals surface area contributed by atoms with Crippen LogP contribution in [0.4, 0.5) is 0 Å². The zero-order valence-electron chi connectivity index (χ0n) is 12.5. The van der Waals surface area contributed by atoms with Gasteiger partial charge in [0.15, 0.2) is 10.8 Å². The summed E-state index contributed by atoms with van der Waals surface area (Å²) >= 11 is 6.11. The Kier molecular flexibility index (Phi) is 4.49. The van der Waals surface area contributed by atoms with Gasteiger partial charge in [0, 0.05) is 25.3 Å². The number of rotatable bonds is 4. The summed E-state index contributed by atoms with van der Waals surface area (Å²) in [5, 5.41) is 3.20. The van der Waals surface area contributed by atoms with Gasteiger partial charge in [-0.3, -0.25) is 18.9 Å². The number of imidazole rings is 1. The molecule has 122 valence electrons. The number of primary amides is 1. The van der Waals surface area contributed by atoms with Crippen molar-refractivity contribution in [3.63, 3.8) is 0 Å². The lowest BCUT2D eigenvalue weighted by Gasteiger charge is -2.31. The van der Waals surface area contributed by atoms with Crippen LogP contribution in [0.1, 0.15) is 23.3 Å². The van der Waals surface area contributed by atoms with Crippen LogP contribution in [-0.2, 0) is 4.79 Å². The minimum absolute atomic E-state index is 0.0527. The summed E-state index contributed by atoms with van der Waals surface area (Å²) in [6.45, 7) is 1.73. The van der Waals surface area contributed by atoms with Gasteiger partial charge in [0.2, 0.25) is 5.91 Å². The van der Waals surface area contributed by atoms with Crippen LogP contribution in [0, 0.1) is 0 Å². The Balaban J connectivity index is 1.66. The fourth-order valence-corrected chi connectivity index (χ4v) is 3.14. The number of hydrogen-bond donors (Lipinski definition) is 2. The third-order valence-corrected chi connectivity index (χ3v) is 4.27. The number of carbonyl (C=O) groups excluding carboxylic acids is 2. The third-order valence-electron chi connectivity index (χ3n) is 4.00. The second-order valence-electron chi connectivity index (χ2n) is 5.67. The molecular formula is C15H18ClN5O2. The standard InChI is InChI=1S/C15H18ClN5O2/c16-14-13(21-6-2-1-3-12(21)19-14)15(23)18-10-4-7-20(8-5-10)9-11(17)22/h1-3,6,10H,4-5,7-9H2,(H2,17,22)(H,18,23). The molecule has 1 aliphatic heterocycles. The number of hydrogen-bond acceptors (Lipinski definition) is 4. The molecule has 1 saturated heterocycles. The number of likely N-dealkylation sites (tertiary alicyclic amines) is 1. The molecule has 7 nitrogen and oxygen atoms in total. The number of nitrogens with one attached hydrogen (secondary N) is 1. The smallest absolute Gasteiger partial charge is 0.271 e. The van der Waals surface area contributed by atoms with E-state index in [2.05, 4.69) is 10.3 Å². The maximum Gasteiger partial charge on any atom is 0.271 e. The van der Waals surface area contributed by atoms with Crippen molar-refractivity contribution in [2.45, 2.75) is 18.9 Å². The highest BCUT2D eigenvalue weighted by Crippen LogP contribution is 2.18. The second kappa shape index (κ2) is 6.55. The lowest BCUT2D eigenvalue weighted by molar-refractivity contribution is -0.119. The van der Waals surface area contributed by atoms with Crippen LogP contribution in [0.25, 0.3) is 5.65 Å². The molecular weight excluding hydrogens is 318 g/mol. The molecule has 2 aromatic heterocycles. The van der Waals surface area contributed by atoms with E-state index >= 15 is 0 Å². The highest BCUT2D eigenvalue weighted by atomic mass is 35.5. The summed E-state index contributed by atoms with van der Waals surface area (Å²) in [4.78, 5) is 29.6. The van der Waals surface area contributed by atoms with E-state index in [1.807, 2.05) is 17.0 Å². The first kappa shape index (κ1) is 15.8. The number of aromatic nitrogens is 2. The Labute approximate surface area is 138 Å². The molecule has 3 N–H and O–H groups in total. The molecule has 0 aliphatic carbocycles. The molecule has 0 saturated carbocycles. The van der Waals surface area contributed by atoms with Crippen LogP contribution in [0.5, 0.6) is 0 Å². The van der Waals surface area contributed by atoms with E-state index in [0.717, 1.165) is 25.9 Å². The van der Waals surface area contributed by atoms with Crippen molar-refractivity contribution < 1.29 is 9.59 Å². The number of halogens is 1. The molecule has 0 atom stereocenters. The molecule has 0 bridgehead atoms. The van der Waals surface area contributed by atoms with Gasteiger partial charge in [-0.05, 0) is 25.0 Å². The zero-order valence-corrected chi connectivity index (χ0v) is 13.3. The number of nitrogens with zero attached hydrogens (tertiary/aromatic N) is 3. The van der Waals surface area contributed by atoms with Gasteiger partial charge in [0.25, 0.3) is 5.91 Å². The van der Waals surface area contributed by atoms with Crippen molar-refractivity contribution in [3.8, 4) is 0 Å². The van der Waals surface area contributed by atoms with Crippen molar-refractivity contribution >= 4 is 29.1 Å². The van der Waals surface area contributed by atoms with Crippen LogP contribution in [0.15, 0.2) is 24.4 Å². The summed E-state index contributed by atoms with van der Waals surface area (Å²) < 4.78 is 1.68. The normalized spacial score (nSPS) is 16.6. The monoisotopic (exact) mass is 335 g/mol. The highest BCUT2D eigenvalue weighted by Gasteiger charge is 2.24. The van der Waals surface area contributed by atoms with E-state index in [-0.39, 0.29) is 29.6 Å². The van der Waals surface area contributed by atoms with Crippen LogP contribution < -0.4 is 11.1 Å². The number of nitrogens with two attached hydrogens (primary N) is 1. The van der Waals surface area contributed by atoms with E-state index in [4.69, 9.17) is 17.3 Å². The quantitative estimate of drug-likeness (QED) is 0.858. The molecule has 2 aromatic rings. The van der Waals surface area contributed by atoms with Crippen molar-refractivity contribution in [2.24, 2.45) is 5.73 Å². The molecule has 1 fully saturated rings. The van der Waals surface area contributed by atoms with Gasteiger partial charge in [0.1, 0.15) is 5.65 Å². The van der Waals surface area contributed by atoms with E-state index in [1.54, 1.807) is 16.7 Å². The van der Waals surface area contributed by atoms with Gasteiger partial charge in [-0.15, -0.1) is 0 Å². The van der Waals surface area contributed by atoms with Gasteiger partial charge in [-0.2, -0.15) is 0 Å². The van der Waals surface area contributed by atoms with Gasteiger partial charge in [0.05, 0.1) is 6.54 Å². The molecule has 1 aliphatic rings.